The minimum absolute atomic E-state index is 0.0572. The van der Waals surface area contributed by atoms with Crippen molar-refractivity contribution in [1.29, 1.82) is 5.26 Å². The van der Waals surface area contributed by atoms with Crippen LogP contribution in [0.1, 0.15) is 23.6 Å². The van der Waals surface area contributed by atoms with E-state index in [1.54, 1.807) is 40.7 Å². The molecule has 2 aliphatic rings. The first-order valence-corrected chi connectivity index (χ1v) is 13.0. The Hall–Kier alpha value is -3.38. The summed E-state index contributed by atoms with van der Waals surface area (Å²) in [4.78, 5) is 2.21. The predicted molar refractivity (Wildman–Crippen MR) is 134 cm³/mol. The maximum absolute atomic E-state index is 13.9. The van der Waals surface area contributed by atoms with E-state index in [4.69, 9.17) is 10.00 Å². The van der Waals surface area contributed by atoms with Crippen molar-refractivity contribution in [3.63, 3.8) is 0 Å². The average Bonchev–Trinajstić information content (AvgIpc) is 3.35. The number of rotatable bonds is 5. The molecular formula is C27H27N3O4S. The minimum atomic E-state index is -3.86. The molecule has 0 aliphatic carbocycles. The quantitative estimate of drug-likeness (QED) is 0.586. The Balaban J connectivity index is 1.64. The Morgan fingerprint density at radius 1 is 1.09 bits per heavy atom. The zero-order valence-corrected chi connectivity index (χ0v) is 20.4. The van der Waals surface area contributed by atoms with E-state index in [2.05, 4.69) is 17.0 Å². The molecule has 8 heteroatoms. The van der Waals surface area contributed by atoms with E-state index in [1.165, 1.54) is 7.11 Å². The van der Waals surface area contributed by atoms with E-state index >= 15 is 0 Å². The second-order valence-electron chi connectivity index (χ2n) is 8.99. The van der Waals surface area contributed by atoms with E-state index < -0.39 is 16.1 Å². The van der Waals surface area contributed by atoms with Crippen LogP contribution in [0.25, 0.3) is 11.1 Å². The van der Waals surface area contributed by atoms with Gasteiger partial charge in [-0.05, 0) is 59.5 Å². The lowest BCUT2D eigenvalue weighted by molar-refractivity contribution is 0.193. The fourth-order valence-electron chi connectivity index (χ4n) is 5.56. The fraction of sp³-hybridized carbons (Fsp3) is 0.296. The fourth-order valence-corrected chi connectivity index (χ4v) is 7.38. The molecule has 0 radical (unpaired) electrons. The van der Waals surface area contributed by atoms with Crippen molar-refractivity contribution in [2.45, 2.75) is 23.4 Å². The Morgan fingerprint density at radius 3 is 2.49 bits per heavy atom. The van der Waals surface area contributed by atoms with E-state index in [0.717, 1.165) is 22.4 Å². The van der Waals surface area contributed by atoms with Gasteiger partial charge in [0.15, 0.2) is 0 Å². The van der Waals surface area contributed by atoms with Crippen molar-refractivity contribution in [3.05, 3.63) is 77.9 Å². The molecule has 0 amide bonds. The number of nitriles is 1. The van der Waals surface area contributed by atoms with Crippen molar-refractivity contribution >= 4 is 15.7 Å². The van der Waals surface area contributed by atoms with Crippen LogP contribution < -0.4 is 9.64 Å². The van der Waals surface area contributed by atoms with Crippen LogP contribution in [0.2, 0.25) is 0 Å². The number of methoxy groups -OCH3 is 1. The molecule has 1 N–H and O–H groups in total. The molecule has 7 nitrogen and oxygen atoms in total. The lowest BCUT2D eigenvalue weighted by Gasteiger charge is -2.44. The van der Waals surface area contributed by atoms with E-state index in [9.17, 15) is 13.5 Å². The Kier molecular flexibility index (Phi) is 6.01. The van der Waals surface area contributed by atoms with Crippen LogP contribution in [0.5, 0.6) is 5.75 Å². The molecule has 3 aromatic rings. The van der Waals surface area contributed by atoms with Gasteiger partial charge in [0.2, 0.25) is 10.0 Å². The normalized spacial score (nSPS) is 21.8. The minimum Gasteiger partial charge on any atom is -0.495 e. The smallest absolute Gasteiger partial charge is 0.247 e. The molecule has 35 heavy (non-hydrogen) atoms. The van der Waals surface area contributed by atoms with Gasteiger partial charge < -0.3 is 14.7 Å². The number of hydrogen-bond donors (Lipinski definition) is 1. The van der Waals surface area contributed by atoms with Crippen LogP contribution in [0.15, 0.2) is 71.6 Å². The summed E-state index contributed by atoms with van der Waals surface area (Å²) in [6.07, 6.45) is 0.648. The largest absolute Gasteiger partial charge is 0.495 e. The molecule has 2 aliphatic heterocycles. The van der Waals surface area contributed by atoms with Gasteiger partial charge in [0.25, 0.3) is 0 Å². The van der Waals surface area contributed by atoms with Crippen molar-refractivity contribution < 1.29 is 18.3 Å². The molecule has 0 saturated carbocycles. The summed E-state index contributed by atoms with van der Waals surface area (Å²) >= 11 is 0. The monoisotopic (exact) mass is 489 g/mol. The number of likely N-dealkylation sites (N-methyl/N-ethyl adjacent to an activating group) is 1. The highest BCUT2D eigenvalue weighted by atomic mass is 32.2. The standard InChI is InChI=1S/C27H27N3O4S/c1-29-23-12-11-20(19-9-7-18(16-28)8-10-19)15-22(23)27-21(24(29)17-31)13-14-30(27)35(32,33)26-6-4-3-5-25(26)34-2/h3-12,15,21,24,27,31H,13-14,17H2,1-2H3/t21-,24-,27-/m1/s1. The third-order valence-corrected chi connectivity index (χ3v) is 9.23. The van der Waals surface area contributed by atoms with E-state index in [0.29, 0.717) is 24.3 Å². The SMILES string of the molecule is COc1ccccc1S(=O)(=O)N1CC[C@@H]2[C@@H](CO)N(C)c3ccc(-c4ccc(C#N)cc4)cc3[C@@H]21. The van der Waals surface area contributed by atoms with Gasteiger partial charge in [0.1, 0.15) is 10.6 Å². The van der Waals surface area contributed by atoms with E-state index in [-0.39, 0.29) is 23.5 Å². The number of benzene rings is 3. The summed E-state index contributed by atoms with van der Waals surface area (Å²) in [6, 6.07) is 21.6. The number of para-hydroxylation sites is 1. The molecule has 180 valence electrons. The Morgan fingerprint density at radius 2 is 1.80 bits per heavy atom. The Bertz CT molecular complexity index is 1400. The average molecular weight is 490 g/mol. The topological polar surface area (TPSA) is 93.9 Å². The van der Waals surface area contributed by atoms with Crippen LogP contribution in [-0.2, 0) is 10.0 Å². The third-order valence-electron chi connectivity index (χ3n) is 7.31. The summed E-state index contributed by atoms with van der Waals surface area (Å²) in [6.45, 7) is 0.303. The lowest BCUT2D eigenvalue weighted by atomic mass is 9.81. The summed E-state index contributed by atoms with van der Waals surface area (Å²) in [7, 11) is -0.435. The van der Waals surface area contributed by atoms with Gasteiger partial charge in [-0.1, -0.05) is 30.3 Å². The highest BCUT2D eigenvalue weighted by molar-refractivity contribution is 7.89. The number of anilines is 1. The molecule has 3 aromatic carbocycles. The molecule has 0 unspecified atom stereocenters. The number of aliphatic hydroxyl groups excluding tert-OH is 1. The van der Waals surface area contributed by atoms with Gasteiger partial charge >= 0.3 is 0 Å². The number of hydrogen-bond acceptors (Lipinski definition) is 6. The van der Waals surface area contributed by atoms with Gasteiger partial charge in [-0.2, -0.15) is 9.57 Å². The summed E-state index contributed by atoms with van der Waals surface area (Å²) in [5.41, 5.74) is 4.31. The second kappa shape index (κ2) is 9.00. The Labute approximate surface area is 205 Å². The molecule has 1 saturated heterocycles. The number of nitrogens with zero attached hydrogens (tertiary/aromatic N) is 3. The molecule has 0 spiro atoms. The highest BCUT2D eigenvalue weighted by Crippen LogP contribution is 2.51. The summed E-state index contributed by atoms with van der Waals surface area (Å²) < 4.78 is 34.8. The van der Waals surface area contributed by atoms with Gasteiger partial charge in [-0.3, -0.25) is 0 Å². The second-order valence-corrected chi connectivity index (χ2v) is 10.8. The number of aliphatic hydroxyl groups is 1. The number of ether oxygens (including phenoxy) is 1. The number of fused-ring (bicyclic) bond motifs is 3. The summed E-state index contributed by atoms with van der Waals surface area (Å²) in [5, 5.41) is 19.4. The molecule has 0 aromatic heterocycles. The molecule has 1 fully saturated rings. The highest BCUT2D eigenvalue weighted by Gasteiger charge is 2.50. The maximum atomic E-state index is 13.9. The van der Waals surface area contributed by atoms with E-state index in [1.807, 2.05) is 31.3 Å². The number of sulfonamides is 1. The van der Waals surface area contributed by atoms with Crippen LogP contribution in [-0.4, -0.2) is 51.2 Å². The van der Waals surface area contributed by atoms with Gasteiger partial charge in [0.05, 0.1) is 37.4 Å². The molecule has 3 atom stereocenters. The molecule has 5 rings (SSSR count). The van der Waals surface area contributed by atoms with Gasteiger partial charge in [-0.25, -0.2) is 8.42 Å². The first kappa shape index (κ1) is 23.4. The molecular weight excluding hydrogens is 462 g/mol. The zero-order valence-electron chi connectivity index (χ0n) is 19.6. The van der Waals surface area contributed by atoms with Crippen LogP contribution in [0.4, 0.5) is 5.69 Å². The van der Waals surface area contributed by atoms with Crippen molar-refractivity contribution in [2.24, 2.45) is 5.92 Å². The summed E-state index contributed by atoms with van der Waals surface area (Å²) in [5.74, 6) is 0.257. The zero-order chi connectivity index (χ0) is 24.7. The predicted octanol–water partition coefficient (Wildman–Crippen LogP) is 3.80. The van der Waals surface area contributed by atoms with Crippen molar-refractivity contribution in [3.8, 4) is 22.9 Å². The van der Waals surface area contributed by atoms with Crippen LogP contribution in [0, 0.1) is 17.2 Å². The maximum Gasteiger partial charge on any atom is 0.247 e. The van der Waals surface area contributed by atoms with Crippen molar-refractivity contribution in [1.82, 2.24) is 4.31 Å². The van der Waals surface area contributed by atoms with Gasteiger partial charge in [0, 0.05) is 25.2 Å². The first-order valence-electron chi connectivity index (χ1n) is 11.5. The van der Waals surface area contributed by atoms with Crippen LogP contribution >= 0.6 is 0 Å². The van der Waals surface area contributed by atoms with Crippen LogP contribution in [0.3, 0.4) is 0 Å². The third kappa shape index (κ3) is 3.76. The van der Waals surface area contributed by atoms with Gasteiger partial charge in [-0.15, -0.1) is 0 Å². The molecule has 2 heterocycles. The first-order chi connectivity index (χ1) is 16.9. The molecule has 0 bridgehead atoms. The van der Waals surface area contributed by atoms with Crippen molar-refractivity contribution in [2.75, 3.05) is 32.2 Å². The lowest BCUT2D eigenvalue weighted by Crippen LogP contribution is -2.48.